The van der Waals surface area contributed by atoms with Gasteiger partial charge in [0, 0.05) is 59.8 Å². The molecular weight excluding hydrogens is 490 g/mol. The van der Waals surface area contributed by atoms with Crippen molar-refractivity contribution in [2.24, 2.45) is 0 Å². The van der Waals surface area contributed by atoms with Crippen LogP contribution in [0.1, 0.15) is 30.0 Å². The van der Waals surface area contributed by atoms with Gasteiger partial charge in [-0.1, -0.05) is 18.2 Å². The van der Waals surface area contributed by atoms with E-state index < -0.39 is 10.2 Å². The molecule has 0 unspecified atom stereocenters. The molecule has 2 aliphatic heterocycles. The zero-order chi connectivity index (χ0) is 25.1. The number of piperidine rings is 1. The number of rotatable bonds is 5. The minimum absolute atomic E-state index is 0.177. The van der Waals surface area contributed by atoms with Gasteiger partial charge in [-0.15, -0.1) is 7.05 Å². The zero-order valence-electron chi connectivity index (χ0n) is 20.1. The molecule has 188 valence electrons. The smallest absolute Gasteiger partial charge is 0.159 e. The summed E-state index contributed by atoms with van der Waals surface area (Å²) in [5.41, 5.74) is 7.00. The van der Waals surface area contributed by atoms with Gasteiger partial charge in [-0.2, -0.15) is 10.2 Å². The summed E-state index contributed by atoms with van der Waals surface area (Å²) in [6, 6.07) is 10.4. The third kappa shape index (κ3) is 3.59. The maximum absolute atomic E-state index is 12.2. The van der Waals surface area contributed by atoms with Crippen molar-refractivity contribution < 1.29 is 8.42 Å². The summed E-state index contributed by atoms with van der Waals surface area (Å²) in [4.78, 5) is 8.75. The number of pyridine rings is 1. The maximum Gasteiger partial charge on any atom is 0.159 e. The van der Waals surface area contributed by atoms with Crippen molar-refractivity contribution in [2.75, 3.05) is 25.5 Å². The Morgan fingerprint density at radius 1 is 1.16 bits per heavy atom. The second kappa shape index (κ2) is 8.33. The van der Waals surface area contributed by atoms with Crippen molar-refractivity contribution >= 4 is 38.1 Å². The fraction of sp³-hybridized carbons (Fsp3) is 0.280. The largest absolute Gasteiger partial charge is 0.538 e. The molecule has 1 N–H and O–H groups in total. The third-order valence-corrected chi connectivity index (χ3v) is 8.82. The molecule has 2 aliphatic rings. The molecule has 5 aromatic rings. The molecule has 6 heterocycles. The number of hydrogen-bond donors (Lipinski definition) is 1. The summed E-state index contributed by atoms with van der Waals surface area (Å²) in [6.45, 7) is 1.51. The van der Waals surface area contributed by atoms with Gasteiger partial charge in [0.25, 0.3) is 0 Å². The molecule has 11 nitrogen and oxygen atoms in total. The first-order valence-corrected chi connectivity index (χ1v) is 13.6. The number of hydrogen-bond acceptors (Lipinski definition) is 7. The van der Waals surface area contributed by atoms with Crippen molar-refractivity contribution in [1.82, 2.24) is 33.7 Å². The van der Waals surface area contributed by atoms with Crippen LogP contribution in [0.4, 0.5) is 11.5 Å². The molecule has 7 rings (SSSR count). The number of fused-ring (bicyclic) bond motifs is 4. The quantitative estimate of drug-likeness (QED) is 0.372. The van der Waals surface area contributed by atoms with E-state index in [1.807, 2.05) is 33.7 Å². The van der Waals surface area contributed by atoms with E-state index in [4.69, 9.17) is 5.10 Å². The predicted octanol–water partition coefficient (Wildman–Crippen LogP) is 3.67. The maximum atomic E-state index is 12.2. The van der Waals surface area contributed by atoms with Gasteiger partial charge in [-0.3, -0.25) is 9.67 Å². The van der Waals surface area contributed by atoms with Gasteiger partial charge in [-0.05, 0) is 30.5 Å². The van der Waals surface area contributed by atoms with Crippen molar-refractivity contribution in [3.8, 4) is 11.1 Å². The lowest BCUT2D eigenvalue weighted by atomic mass is 9.93. The zero-order valence-corrected chi connectivity index (χ0v) is 20.9. The Balaban J connectivity index is 1.27. The van der Waals surface area contributed by atoms with Crippen LogP contribution in [0.25, 0.3) is 32.3 Å². The first-order valence-electron chi connectivity index (χ1n) is 12.2. The van der Waals surface area contributed by atoms with Gasteiger partial charge in [-0.25, -0.2) is 22.2 Å². The first-order chi connectivity index (χ1) is 18.0. The monoisotopic (exact) mass is 514 g/mol. The van der Waals surface area contributed by atoms with E-state index in [1.165, 1.54) is 11.4 Å². The first kappa shape index (κ1) is 22.3. The number of aromatic nitrogens is 6. The van der Waals surface area contributed by atoms with Gasteiger partial charge in [0.05, 0.1) is 12.2 Å². The Labute approximate surface area is 213 Å². The van der Waals surface area contributed by atoms with E-state index in [9.17, 15) is 8.42 Å². The van der Waals surface area contributed by atoms with Crippen molar-refractivity contribution in [2.45, 2.75) is 25.3 Å². The topological polar surface area (TPSA) is 124 Å². The van der Waals surface area contributed by atoms with E-state index >= 15 is 0 Å². The Hall–Kier alpha value is -3.87. The SMILES string of the molecule is C[N-]S(=O)(=O)N1CCC(c2cc3c4c(ncnn24)Nc2c-3ccc3cn(Cc4cccnc4)nc23)CC1. The normalized spacial score (nSPS) is 16.2. The molecule has 0 atom stereocenters. The summed E-state index contributed by atoms with van der Waals surface area (Å²) >= 11 is 0. The highest BCUT2D eigenvalue weighted by molar-refractivity contribution is 7.91. The van der Waals surface area contributed by atoms with Crippen LogP contribution in [-0.2, 0) is 16.8 Å². The Kier molecular flexibility index (Phi) is 5.03. The van der Waals surface area contributed by atoms with Gasteiger partial charge < -0.3 is 10.0 Å². The third-order valence-electron chi connectivity index (χ3n) is 7.34. The molecule has 0 aliphatic carbocycles. The van der Waals surface area contributed by atoms with E-state index in [0.717, 1.165) is 50.3 Å². The second-order valence-electron chi connectivity index (χ2n) is 9.42. The fourth-order valence-electron chi connectivity index (χ4n) is 5.52. The standard InChI is InChI=1S/C25H24N9O2S/c1-26-37(35,36)33-9-6-17(7-10-33)21-11-20-19-5-4-18-14-32(13-16-3-2-8-27-12-16)31-22(18)23(19)30-25-24(20)34(21)29-15-28-25/h2-5,8,11-12,14-15,17H,6-7,9-10,13H2,1H3,(H,28,29,30)/q-1. The minimum Gasteiger partial charge on any atom is -0.538 e. The summed E-state index contributed by atoms with van der Waals surface area (Å²) in [5.74, 6) is 0.916. The summed E-state index contributed by atoms with van der Waals surface area (Å²) < 4.78 is 33.3. The van der Waals surface area contributed by atoms with Crippen molar-refractivity contribution in [3.05, 3.63) is 71.2 Å². The molecule has 4 aromatic heterocycles. The molecule has 1 aromatic carbocycles. The van der Waals surface area contributed by atoms with Crippen LogP contribution in [0.3, 0.4) is 0 Å². The highest BCUT2D eigenvalue weighted by atomic mass is 32.2. The molecule has 0 bridgehead atoms. The van der Waals surface area contributed by atoms with Crippen LogP contribution >= 0.6 is 0 Å². The van der Waals surface area contributed by atoms with Crippen LogP contribution in [0.5, 0.6) is 0 Å². The van der Waals surface area contributed by atoms with Crippen molar-refractivity contribution in [1.29, 1.82) is 0 Å². The average Bonchev–Trinajstić information content (AvgIpc) is 3.52. The molecule has 12 heteroatoms. The summed E-state index contributed by atoms with van der Waals surface area (Å²) in [7, 11) is -2.22. The van der Waals surface area contributed by atoms with Crippen LogP contribution in [0.2, 0.25) is 0 Å². The number of benzene rings is 1. The van der Waals surface area contributed by atoms with Crippen LogP contribution in [0.15, 0.2) is 55.2 Å². The van der Waals surface area contributed by atoms with Gasteiger partial charge in [0.15, 0.2) is 5.82 Å². The Bertz CT molecular complexity index is 1750. The predicted molar refractivity (Wildman–Crippen MR) is 140 cm³/mol. The van der Waals surface area contributed by atoms with E-state index in [0.29, 0.717) is 32.5 Å². The number of nitrogens with zero attached hydrogens (tertiary/aromatic N) is 8. The van der Waals surface area contributed by atoms with E-state index in [2.05, 4.69) is 43.3 Å². The molecule has 0 saturated carbocycles. The highest BCUT2D eigenvalue weighted by Crippen LogP contribution is 2.46. The minimum atomic E-state index is -3.54. The Morgan fingerprint density at radius 2 is 2.03 bits per heavy atom. The summed E-state index contributed by atoms with van der Waals surface area (Å²) in [5, 5.41) is 14.0. The van der Waals surface area contributed by atoms with Crippen molar-refractivity contribution in [3.63, 3.8) is 0 Å². The van der Waals surface area contributed by atoms with E-state index in [1.54, 1.807) is 12.5 Å². The van der Waals surface area contributed by atoms with Crippen LogP contribution < -0.4 is 5.32 Å². The fourth-order valence-corrected chi connectivity index (χ4v) is 6.42. The number of anilines is 2. The molecule has 0 radical (unpaired) electrons. The lowest BCUT2D eigenvalue weighted by Crippen LogP contribution is -2.37. The van der Waals surface area contributed by atoms with E-state index in [-0.39, 0.29) is 5.92 Å². The van der Waals surface area contributed by atoms with Crippen LogP contribution in [0, 0.1) is 0 Å². The molecule has 1 fully saturated rings. The molecule has 1 saturated heterocycles. The second-order valence-corrected chi connectivity index (χ2v) is 11.2. The summed E-state index contributed by atoms with van der Waals surface area (Å²) in [6.07, 6.45) is 8.64. The van der Waals surface area contributed by atoms with Gasteiger partial charge in [0.2, 0.25) is 0 Å². The number of nitrogens with one attached hydrogen (secondary N) is 1. The highest BCUT2D eigenvalue weighted by Gasteiger charge is 2.31. The Morgan fingerprint density at radius 3 is 2.81 bits per heavy atom. The lowest BCUT2D eigenvalue weighted by molar-refractivity contribution is 0.317. The van der Waals surface area contributed by atoms with Crippen LogP contribution in [-0.4, -0.2) is 62.2 Å². The molecule has 0 spiro atoms. The average molecular weight is 515 g/mol. The molecule has 0 amide bonds. The van der Waals surface area contributed by atoms with Gasteiger partial charge in [0.1, 0.15) is 27.6 Å². The lowest BCUT2D eigenvalue weighted by Gasteiger charge is -2.34. The van der Waals surface area contributed by atoms with Gasteiger partial charge >= 0.3 is 0 Å². The molecular formula is C25H24N9O2S-. The molecule has 37 heavy (non-hydrogen) atoms.